The Labute approximate surface area is 119 Å². The molecule has 100 valence electrons. The molecule has 4 heteroatoms. The van der Waals surface area contributed by atoms with Crippen molar-refractivity contribution in [2.45, 2.75) is 19.5 Å². The van der Waals surface area contributed by atoms with E-state index in [4.69, 9.17) is 0 Å². The molecule has 0 aliphatic heterocycles. The quantitative estimate of drug-likeness (QED) is 0.867. The van der Waals surface area contributed by atoms with Crippen LogP contribution < -0.4 is 5.32 Å². The summed E-state index contributed by atoms with van der Waals surface area (Å²) in [6, 6.07) is 11.4. The molecule has 0 radical (unpaired) electrons. The largest absolute Gasteiger partial charge is 0.306 e. The minimum atomic E-state index is -0.268. The van der Waals surface area contributed by atoms with Gasteiger partial charge in [0.1, 0.15) is 11.6 Å². The monoisotopic (exact) mass is 325 g/mol. The minimum Gasteiger partial charge on any atom is -0.306 e. The van der Waals surface area contributed by atoms with Gasteiger partial charge in [-0.25, -0.2) is 8.78 Å². The van der Waals surface area contributed by atoms with E-state index < -0.39 is 0 Å². The summed E-state index contributed by atoms with van der Waals surface area (Å²) in [5.41, 5.74) is 2.00. The van der Waals surface area contributed by atoms with Crippen molar-refractivity contribution in [3.05, 3.63) is 69.7 Å². The molecule has 0 spiro atoms. The summed E-state index contributed by atoms with van der Waals surface area (Å²) >= 11 is 3.16. The van der Waals surface area contributed by atoms with Crippen LogP contribution in [0.4, 0.5) is 8.78 Å². The number of rotatable bonds is 4. The Morgan fingerprint density at radius 3 is 2.42 bits per heavy atom. The summed E-state index contributed by atoms with van der Waals surface area (Å²) in [4.78, 5) is 0. The van der Waals surface area contributed by atoms with Crippen molar-refractivity contribution in [2.75, 3.05) is 0 Å². The third kappa shape index (κ3) is 3.85. The Morgan fingerprint density at radius 2 is 1.79 bits per heavy atom. The van der Waals surface area contributed by atoms with E-state index in [0.29, 0.717) is 11.0 Å². The number of halogens is 3. The van der Waals surface area contributed by atoms with Gasteiger partial charge in [-0.1, -0.05) is 18.2 Å². The second-order valence-electron chi connectivity index (χ2n) is 4.40. The molecule has 2 aromatic rings. The smallest absolute Gasteiger partial charge is 0.137 e. The lowest BCUT2D eigenvalue weighted by Crippen LogP contribution is -2.18. The molecule has 1 nitrogen and oxygen atoms in total. The Hall–Kier alpha value is -1.26. The maximum absolute atomic E-state index is 13.1. The fourth-order valence-electron chi connectivity index (χ4n) is 1.79. The highest BCUT2D eigenvalue weighted by atomic mass is 79.9. The molecule has 0 heterocycles. The molecule has 0 aliphatic carbocycles. The van der Waals surface area contributed by atoms with Crippen molar-refractivity contribution < 1.29 is 8.78 Å². The standard InChI is InChI=1S/C15H14BrF2N/c1-10(12-3-5-13(17)6-4-12)19-9-11-2-7-15(18)14(16)8-11/h2-8,10,19H,9H2,1H3. The van der Waals surface area contributed by atoms with E-state index in [1.165, 1.54) is 18.2 Å². The SMILES string of the molecule is CC(NCc1ccc(F)c(Br)c1)c1ccc(F)cc1. The van der Waals surface area contributed by atoms with Gasteiger partial charge in [-0.15, -0.1) is 0 Å². The van der Waals surface area contributed by atoms with Gasteiger partial charge in [0.05, 0.1) is 4.47 Å². The minimum absolute atomic E-state index is 0.101. The molecule has 1 unspecified atom stereocenters. The molecule has 0 bridgehead atoms. The van der Waals surface area contributed by atoms with Crippen LogP contribution in [0.15, 0.2) is 46.9 Å². The molecule has 2 rings (SSSR count). The summed E-state index contributed by atoms with van der Waals surface area (Å²) in [6.07, 6.45) is 0. The summed E-state index contributed by atoms with van der Waals surface area (Å²) < 4.78 is 26.4. The van der Waals surface area contributed by atoms with Gasteiger partial charge in [0.15, 0.2) is 0 Å². The predicted octanol–water partition coefficient (Wildman–Crippen LogP) is 4.58. The Morgan fingerprint density at radius 1 is 1.11 bits per heavy atom. The third-order valence-corrected chi connectivity index (χ3v) is 3.57. The fourth-order valence-corrected chi connectivity index (χ4v) is 2.22. The lowest BCUT2D eigenvalue weighted by molar-refractivity contribution is 0.569. The van der Waals surface area contributed by atoms with Crippen molar-refractivity contribution in [1.29, 1.82) is 0 Å². The lowest BCUT2D eigenvalue weighted by atomic mass is 10.1. The van der Waals surface area contributed by atoms with Crippen molar-refractivity contribution in [3.8, 4) is 0 Å². The van der Waals surface area contributed by atoms with Crippen molar-refractivity contribution in [3.63, 3.8) is 0 Å². The van der Waals surface area contributed by atoms with E-state index in [1.54, 1.807) is 24.3 Å². The first-order valence-electron chi connectivity index (χ1n) is 5.99. The van der Waals surface area contributed by atoms with Gasteiger partial charge in [-0.2, -0.15) is 0 Å². The average Bonchev–Trinajstić information content (AvgIpc) is 2.40. The van der Waals surface area contributed by atoms with Crippen molar-refractivity contribution in [1.82, 2.24) is 5.32 Å². The van der Waals surface area contributed by atoms with Gasteiger partial charge in [0.2, 0.25) is 0 Å². The number of hydrogen-bond acceptors (Lipinski definition) is 1. The van der Waals surface area contributed by atoms with Crippen LogP contribution in [0.3, 0.4) is 0 Å². The molecule has 0 saturated carbocycles. The van der Waals surface area contributed by atoms with Gasteiger partial charge in [0, 0.05) is 12.6 Å². The van der Waals surface area contributed by atoms with Crippen LogP contribution in [0, 0.1) is 11.6 Å². The van der Waals surface area contributed by atoms with E-state index in [2.05, 4.69) is 21.2 Å². The Bertz CT molecular complexity index is 555. The van der Waals surface area contributed by atoms with Crippen LogP contribution in [-0.4, -0.2) is 0 Å². The van der Waals surface area contributed by atoms with Crippen LogP contribution in [0.5, 0.6) is 0 Å². The highest BCUT2D eigenvalue weighted by Crippen LogP contribution is 2.18. The van der Waals surface area contributed by atoms with E-state index in [0.717, 1.165) is 11.1 Å². The van der Waals surface area contributed by atoms with Crippen molar-refractivity contribution >= 4 is 15.9 Å². The Kier molecular flexibility index (Phi) is 4.66. The van der Waals surface area contributed by atoms with Gasteiger partial charge >= 0.3 is 0 Å². The molecule has 1 atom stereocenters. The molecule has 0 aromatic heterocycles. The number of nitrogens with one attached hydrogen (secondary N) is 1. The normalized spacial score (nSPS) is 12.4. The van der Waals surface area contributed by atoms with Crippen LogP contribution in [-0.2, 0) is 6.54 Å². The first-order chi connectivity index (χ1) is 9.06. The molecule has 0 saturated heterocycles. The molecule has 0 aliphatic rings. The highest BCUT2D eigenvalue weighted by molar-refractivity contribution is 9.10. The highest BCUT2D eigenvalue weighted by Gasteiger charge is 2.06. The summed E-state index contributed by atoms with van der Waals surface area (Å²) in [7, 11) is 0. The van der Waals surface area contributed by atoms with Gasteiger partial charge < -0.3 is 5.32 Å². The molecule has 1 N–H and O–H groups in total. The topological polar surface area (TPSA) is 12.0 Å². The second kappa shape index (κ2) is 6.26. The van der Waals surface area contributed by atoms with Gasteiger partial charge in [0.25, 0.3) is 0 Å². The zero-order valence-corrected chi connectivity index (χ0v) is 12.0. The number of hydrogen-bond donors (Lipinski definition) is 1. The maximum atomic E-state index is 13.1. The zero-order chi connectivity index (χ0) is 13.8. The van der Waals surface area contributed by atoms with E-state index >= 15 is 0 Å². The van der Waals surface area contributed by atoms with E-state index in [1.807, 2.05) is 6.92 Å². The first-order valence-corrected chi connectivity index (χ1v) is 6.78. The van der Waals surface area contributed by atoms with Gasteiger partial charge in [-0.05, 0) is 58.2 Å². The van der Waals surface area contributed by atoms with Crippen LogP contribution in [0.2, 0.25) is 0 Å². The lowest BCUT2D eigenvalue weighted by Gasteiger charge is -2.14. The summed E-state index contributed by atoms with van der Waals surface area (Å²) in [5.74, 6) is -0.506. The summed E-state index contributed by atoms with van der Waals surface area (Å²) in [5, 5.41) is 3.32. The molecule has 2 aromatic carbocycles. The average molecular weight is 326 g/mol. The molecular weight excluding hydrogens is 312 g/mol. The van der Waals surface area contributed by atoms with Crippen LogP contribution >= 0.6 is 15.9 Å². The van der Waals surface area contributed by atoms with Crippen LogP contribution in [0.1, 0.15) is 24.1 Å². The maximum Gasteiger partial charge on any atom is 0.137 e. The van der Waals surface area contributed by atoms with Crippen LogP contribution in [0.25, 0.3) is 0 Å². The van der Waals surface area contributed by atoms with Crippen molar-refractivity contribution in [2.24, 2.45) is 0 Å². The Balaban J connectivity index is 1.98. The molecule has 0 amide bonds. The fraction of sp³-hybridized carbons (Fsp3) is 0.200. The van der Waals surface area contributed by atoms with E-state index in [-0.39, 0.29) is 17.7 Å². The van der Waals surface area contributed by atoms with E-state index in [9.17, 15) is 8.78 Å². The zero-order valence-electron chi connectivity index (χ0n) is 10.5. The molecule has 0 fully saturated rings. The van der Waals surface area contributed by atoms with Gasteiger partial charge in [-0.3, -0.25) is 0 Å². The second-order valence-corrected chi connectivity index (χ2v) is 5.26. The third-order valence-electron chi connectivity index (χ3n) is 2.97. The first kappa shape index (κ1) is 14.2. The number of benzene rings is 2. The summed E-state index contributed by atoms with van der Waals surface area (Å²) in [6.45, 7) is 2.63. The molecule has 19 heavy (non-hydrogen) atoms. The molecular formula is C15H14BrF2N. The predicted molar refractivity (Wildman–Crippen MR) is 75.8 cm³/mol.